The summed E-state index contributed by atoms with van der Waals surface area (Å²) in [6.07, 6.45) is 5.57. The van der Waals surface area contributed by atoms with Gasteiger partial charge in [-0.05, 0) is 79.6 Å². The quantitative estimate of drug-likeness (QED) is 0.471. The molecule has 6 heteroatoms. The first kappa shape index (κ1) is 19.5. The Kier molecular flexibility index (Phi) is 5.06. The third-order valence-electron chi connectivity index (χ3n) is 6.14. The van der Waals surface area contributed by atoms with Crippen molar-refractivity contribution < 1.29 is 18.7 Å². The molecule has 2 heterocycles. The van der Waals surface area contributed by atoms with Crippen molar-refractivity contribution in [2.75, 3.05) is 11.4 Å². The SMILES string of the molecule is O=C(OCc1cc(=O)oc2cc3c(cc12)CCC3)c1ccc(N2CCCCC2=O)cc1. The fourth-order valence-corrected chi connectivity index (χ4v) is 4.50. The number of carbonyl (C=O) groups is 2. The highest BCUT2D eigenvalue weighted by Gasteiger charge is 2.20. The van der Waals surface area contributed by atoms with Crippen molar-refractivity contribution in [1.29, 1.82) is 0 Å². The van der Waals surface area contributed by atoms with Crippen LogP contribution in [0.25, 0.3) is 11.0 Å². The maximum atomic E-state index is 12.6. The lowest BCUT2D eigenvalue weighted by molar-refractivity contribution is -0.119. The van der Waals surface area contributed by atoms with Gasteiger partial charge in [-0.25, -0.2) is 9.59 Å². The Morgan fingerprint density at radius 3 is 2.48 bits per heavy atom. The molecular formula is C25H23NO5. The van der Waals surface area contributed by atoms with E-state index in [2.05, 4.69) is 0 Å². The number of benzene rings is 2. The van der Waals surface area contributed by atoms with Gasteiger partial charge in [-0.3, -0.25) is 4.79 Å². The Hall–Kier alpha value is -3.41. The molecule has 1 saturated heterocycles. The van der Waals surface area contributed by atoms with E-state index in [1.165, 1.54) is 17.2 Å². The van der Waals surface area contributed by atoms with Crippen LogP contribution in [0, 0.1) is 0 Å². The van der Waals surface area contributed by atoms with Gasteiger partial charge in [0.05, 0.1) is 5.56 Å². The summed E-state index contributed by atoms with van der Waals surface area (Å²) in [7, 11) is 0. The smallest absolute Gasteiger partial charge is 0.338 e. The summed E-state index contributed by atoms with van der Waals surface area (Å²) in [6, 6.07) is 12.3. The zero-order valence-electron chi connectivity index (χ0n) is 17.2. The third kappa shape index (κ3) is 3.85. The predicted octanol–water partition coefficient (Wildman–Crippen LogP) is 4.16. The number of esters is 1. The molecule has 0 N–H and O–H groups in total. The number of piperidine rings is 1. The minimum Gasteiger partial charge on any atom is -0.457 e. The van der Waals surface area contributed by atoms with Gasteiger partial charge in [0.2, 0.25) is 5.91 Å². The van der Waals surface area contributed by atoms with Gasteiger partial charge in [0.15, 0.2) is 0 Å². The molecule has 0 spiro atoms. The summed E-state index contributed by atoms with van der Waals surface area (Å²) < 4.78 is 10.9. The molecular weight excluding hydrogens is 394 g/mol. The van der Waals surface area contributed by atoms with E-state index in [1.54, 1.807) is 29.2 Å². The molecule has 0 unspecified atom stereocenters. The van der Waals surface area contributed by atoms with Gasteiger partial charge in [-0.1, -0.05) is 0 Å². The Balaban J connectivity index is 1.33. The van der Waals surface area contributed by atoms with Crippen molar-refractivity contribution in [3.8, 4) is 0 Å². The van der Waals surface area contributed by atoms with E-state index in [4.69, 9.17) is 9.15 Å². The van der Waals surface area contributed by atoms with E-state index >= 15 is 0 Å². The number of nitrogens with zero attached hydrogens (tertiary/aromatic N) is 1. The van der Waals surface area contributed by atoms with Crippen LogP contribution in [0.5, 0.6) is 0 Å². The first-order valence-corrected chi connectivity index (χ1v) is 10.7. The van der Waals surface area contributed by atoms with Crippen LogP contribution in [0.2, 0.25) is 0 Å². The molecule has 3 aromatic rings. The number of aryl methyl sites for hydroxylation is 2. The maximum Gasteiger partial charge on any atom is 0.338 e. The molecule has 0 saturated carbocycles. The van der Waals surface area contributed by atoms with Crippen molar-refractivity contribution in [2.45, 2.75) is 45.1 Å². The predicted molar refractivity (Wildman–Crippen MR) is 116 cm³/mol. The Morgan fingerprint density at radius 1 is 0.935 bits per heavy atom. The molecule has 2 aromatic carbocycles. The fourth-order valence-electron chi connectivity index (χ4n) is 4.50. The lowest BCUT2D eigenvalue weighted by Crippen LogP contribution is -2.35. The van der Waals surface area contributed by atoms with Crippen molar-refractivity contribution in [3.05, 3.63) is 75.1 Å². The van der Waals surface area contributed by atoms with E-state index < -0.39 is 11.6 Å². The molecule has 158 valence electrons. The third-order valence-corrected chi connectivity index (χ3v) is 6.14. The summed E-state index contributed by atoms with van der Waals surface area (Å²) in [5.74, 6) is -0.359. The summed E-state index contributed by atoms with van der Waals surface area (Å²) in [6.45, 7) is 0.697. The van der Waals surface area contributed by atoms with E-state index in [0.29, 0.717) is 29.7 Å². The molecule has 1 fully saturated rings. The standard InChI is InChI=1S/C25H23NO5/c27-23-6-1-2-11-26(23)20-9-7-16(8-10-20)25(29)30-15-19-14-24(28)31-22-13-18-5-3-4-17(18)12-21(19)22/h7-10,12-14H,1-6,11,15H2. The second kappa shape index (κ2) is 8.02. The zero-order chi connectivity index (χ0) is 21.4. The normalized spacial score (nSPS) is 15.9. The zero-order valence-corrected chi connectivity index (χ0v) is 17.2. The van der Waals surface area contributed by atoms with Crippen LogP contribution in [0.4, 0.5) is 5.69 Å². The largest absolute Gasteiger partial charge is 0.457 e. The van der Waals surface area contributed by atoms with E-state index in [9.17, 15) is 14.4 Å². The van der Waals surface area contributed by atoms with Gasteiger partial charge in [0, 0.05) is 35.7 Å². The first-order chi connectivity index (χ1) is 15.1. The molecule has 1 amide bonds. The monoisotopic (exact) mass is 417 g/mol. The van der Waals surface area contributed by atoms with Crippen LogP contribution in [0.1, 0.15) is 52.7 Å². The molecule has 1 aromatic heterocycles. The van der Waals surface area contributed by atoms with Crippen molar-refractivity contribution >= 4 is 28.5 Å². The molecule has 1 aliphatic carbocycles. The lowest BCUT2D eigenvalue weighted by Gasteiger charge is -2.26. The fraction of sp³-hybridized carbons (Fsp3) is 0.320. The van der Waals surface area contributed by atoms with Gasteiger partial charge in [0.1, 0.15) is 12.2 Å². The van der Waals surface area contributed by atoms with Crippen molar-refractivity contribution in [3.63, 3.8) is 0 Å². The van der Waals surface area contributed by atoms with Crippen LogP contribution in [-0.2, 0) is 29.0 Å². The van der Waals surface area contributed by atoms with Crippen LogP contribution in [0.15, 0.2) is 51.7 Å². The summed E-state index contributed by atoms with van der Waals surface area (Å²) >= 11 is 0. The van der Waals surface area contributed by atoms with E-state index in [0.717, 1.165) is 43.2 Å². The minimum absolute atomic E-state index is 0.00785. The van der Waals surface area contributed by atoms with Crippen LogP contribution in [0.3, 0.4) is 0 Å². The second-order valence-corrected chi connectivity index (χ2v) is 8.19. The van der Waals surface area contributed by atoms with Crippen molar-refractivity contribution in [2.24, 2.45) is 0 Å². The lowest BCUT2D eigenvalue weighted by atomic mass is 10.0. The number of rotatable bonds is 4. The highest BCUT2D eigenvalue weighted by molar-refractivity contribution is 5.95. The molecule has 0 atom stereocenters. The van der Waals surface area contributed by atoms with Crippen LogP contribution >= 0.6 is 0 Å². The van der Waals surface area contributed by atoms with Gasteiger partial charge in [-0.15, -0.1) is 0 Å². The van der Waals surface area contributed by atoms with E-state index in [1.807, 2.05) is 12.1 Å². The molecule has 31 heavy (non-hydrogen) atoms. The Morgan fingerprint density at radius 2 is 1.71 bits per heavy atom. The average Bonchev–Trinajstić information content (AvgIpc) is 3.23. The molecule has 6 nitrogen and oxygen atoms in total. The Labute approximate surface area is 179 Å². The van der Waals surface area contributed by atoms with Gasteiger partial charge < -0.3 is 14.1 Å². The minimum atomic E-state index is -0.473. The van der Waals surface area contributed by atoms with Crippen LogP contribution < -0.4 is 10.5 Å². The summed E-state index contributed by atoms with van der Waals surface area (Å²) in [5.41, 5.74) is 4.41. The molecule has 0 bridgehead atoms. The highest BCUT2D eigenvalue weighted by Crippen LogP contribution is 2.29. The second-order valence-electron chi connectivity index (χ2n) is 8.19. The van der Waals surface area contributed by atoms with Gasteiger partial charge in [0.25, 0.3) is 0 Å². The number of hydrogen-bond acceptors (Lipinski definition) is 5. The number of carbonyl (C=O) groups excluding carboxylic acids is 2. The van der Waals surface area contributed by atoms with Gasteiger partial charge in [-0.2, -0.15) is 0 Å². The molecule has 2 aliphatic rings. The topological polar surface area (TPSA) is 76.8 Å². The van der Waals surface area contributed by atoms with Gasteiger partial charge >= 0.3 is 11.6 Å². The highest BCUT2D eigenvalue weighted by atomic mass is 16.5. The maximum absolute atomic E-state index is 12.6. The molecule has 1 aliphatic heterocycles. The van der Waals surface area contributed by atoms with E-state index in [-0.39, 0.29) is 12.5 Å². The number of anilines is 1. The average molecular weight is 417 g/mol. The molecule has 0 radical (unpaired) electrons. The number of ether oxygens (including phenoxy) is 1. The number of hydrogen-bond donors (Lipinski definition) is 0. The summed E-state index contributed by atoms with van der Waals surface area (Å²) in [4.78, 5) is 38.4. The summed E-state index contributed by atoms with van der Waals surface area (Å²) in [5, 5.41) is 0.812. The molecule has 5 rings (SSSR count). The number of amides is 1. The number of fused-ring (bicyclic) bond motifs is 2. The Bertz CT molecular complexity index is 1230. The van der Waals surface area contributed by atoms with Crippen molar-refractivity contribution in [1.82, 2.24) is 0 Å². The van der Waals surface area contributed by atoms with Crippen LogP contribution in [-0.4, -0.2) is 18.4 Å². The first-order valence-electron chi connectivity index (χ1n) is 10.7.